The van der Waals surface area contributed by atoms with Crippen molar-refractivity contribution in [2.45, 2.75) is 18.4 Å². The van der Waals surface area contributed by atoms with E-state index in [1.807, 2.05) is 60.7 Å². The molecule has 3 aromatic rings. The SMILES string of the molecule is COc1cccc(OC)c1OCC(O)CNC(=O)CC(c1ccccc1)c1ccccc1. The molecule has 0 aromatic heterocycles. The van der Waals surface area contributed by atoms with Crippen LogP contribution in [0.4, 0.5) is 0 Å². The predicted octanol–water partition coefficient (Wildman–Crippen LogP) is 3.78. The Hall–Kier alpha value is -3.51. The molecule has 0 aliphatic rings. The molecule has 0 aliphatic carbocycles. The molecular weight excluding hydrogens is 406 g/mol. The molecule has 6 heteroatoms. The van der Waals surface area contributed by atoms with Crippen LogP contribution >= 0.6 is 0 Å². The number of carbonyl (C=O) groups is 1. The molecule has 6 nitrogen and oxygen atoms in total. The van der Waals surface area contributed by atoms with Crippen LogP contribution in [0, 0.1) is 0 Å². The predicted molar refractivity (Wildman–Crippen MR) is 123 cm³/mol. The summed E-state index contributed by atoms with van der Waals surface area (Å²) >= 11 is 0. The first-order valence-corrected chi connectivity index (χ1v) is 10.5. The molecular formula is C26H29NO5. The number of aliphatic hydroxyl groups excluding tert-OH is 1. The fraction of sp³-hybridized carbons (Fsp3) is 0.269. The second kappa shape index (κ2) is 11.8. The Kier molecular flexibility index (Phi) is 8.52. The van der Waals surface area contributed by atoms with Gasteiger partial charge in [-0.1, -0.05) is 66.7 Å². The highest BCUT2D eigenvalue weighted by Crippen LogP contribution is 2.36. The van der Waals surface area contributed by atoms with E-state index in [1.54, 1.807) is 18.2 Å². The molecule has 1 atom stereocenters. The number of amides is 1. The maximum atomic E-state index is 12.7. The highest BCUT2D eigenvalue weighted by atomic mass is 16.5. The molecule has 0 aliphatic heterocycles. The summed E-state index contributed by atoms with van der Waals surface area (Å²) in [4.78, 5) is 12.7. The summed E-state index contributed by atoms with van der Waals surface area (Å²) in [6, 6.07) is 25.2. The zero-order valence-corrected chi connectivity index (χ0v) is 18.4. The number of rotatable bonds is 11. The van der Waals surface area contributed by atoms with Gasteiger partial charge in [0, 0.05) is 18.9 Å². The zero-order valence-electron chi connectivity index (χ0n) is 18.4. The minimum atomic E-state index is -0.888. The third kappa shape index (κ3) is 6.25. The Bertz CT molecular complexity index is 916. The summed E-state index contributed by atoms with van der Waals surface area (Å²) in [7, 11) is 3.07. The topological polar surface area (TPSA) is 77.0 Å². The van der Waals surface area contributed by atoms with Gasteiger partial charge in [-0.2, -0.15) is 0 Å². The van der Waals surface area contributed by atoms with E-state index in [0.717, 1.165) is 11.1 Å². The van der Waals surface area contributed by atoms with Crippen LogP contribution < -0.4 is 19.5 Å². The van der Waals surface area contributed by atoms with E-state index in [4.69, 9.17) is 14.2 Å². The summed E-state index contributed by atoms with van der Waals surface area (Å²) in [5.41, 5.74) is 2.14. The van der Waals surface area contributed by atoms with Gasteiger partial charge in [-0.25, -0.2) is 0 Å². The lowest BCUT2D eigenvalue weighted by Crippen LogP contribution is -2.36. The molecule has 3 rings (SSSR count). The average molecular weight is 436 g/mol. The maximum Gasteiger partial charge on any atom is 0.221 e. The number of para-hydroxylation sites is 1. The van der Waals surface area contributed by atoms with E-state index >= 15 is 0 Å². The Morgan fingerprint density at radius 2 is 1.38 bits per heavy atom. The molecule has 0 saturated heterocycles. The van der Waals surface area contributed by atoms with E-state index < -0.39 is 6.10 Å². The number of aliphatic hydroxyl groups is 1. The van der Waals surface area contributed by atoms with Gasteiger partial charge in [0.2, 0.25) is 11.7 Å². The van der Waals surface area contributed by atoms with Gasteiger partial charge in [-0.15, -0.1) is 0 Å². The summed E-state index contributed by atoms with van der Waals surface area (Å²) < 4.78 is 16.3. The molecule has 168 valence electrons. The van der Waals surface area contributed by atoms with Crippen molar-refractivity contribution in [1.29, 1.82) is 0 Å². The smallest absolute Gasteiger partial charge is 0.221 e. The normalized spacial score (nSPS) is 11.6. The molecule has 0 spiro atoms. The van der Waals surface area contributed by atoms with Crippen molar-refractivity contribution in [1.82, 2.24) is 5.32 Å². The van der Waals surface area contributed by atoms with Gasteiger partial charge in [0.05, 0.1) is 14.2 Å². The lowest BCUT2D eigenvalue weighted by molar-refractivity contribution is -0.121. The zero-order chi connectivity index (χ0) is 22.8. The summed E-state index contributed by atoms with van der Waals surface area (Å²) in [6.07, 6.45) is -0.609. The second-order valence-corrected chi connectivity index (χ2v) is 7.34. The largest absolute Gasteiger partial charge is 0.493 e. The van der Waals surface area contributed by atoms with Crippen LogP contribution in [0.25, 0.3) is 0 Å². The van der Waals surface area contributed by atoms with Crippen LogP contribution in [-0.2, 0) is 4.79 Å². The molecule has 2 N–H and O–H groups in total. The minimum absolute atomic E-state index is 0.0161. The van der Waals surface area contributed by atoms with Crippen molar-refractivity contribution in [3.05, 3.63) is 90.0 Å². The van der Waals surface area contributed by atoms with Crippen molar-refractivity contribution in [2.24, 2.45) is 0 Å². The van der Waals surface area contributed by atoms with Crippen LogP contribution in [0.5, 0.6) is 17.2 Å². The quantitative estimate of drug-likeness (QED) is 0.479. The van der Waals surface area contributed by atoms with Gasteiger partial charge < -0.3 is 24.6 Å². The van der Waals surface area contributed by atoms with Crippen molar-refractivity contribution in [2.75, 3.05) is 27.4 Å². The Balaban J connectivity index is 1.57. The van der Waals surface area contributed by atoms with Crippen molar-refractivity contribution in [3.63, 3.8) is 0 Å². The molecule has 0 radical (unpaired) electrons. The minimum Gasteiger partial charge on any atom is -0.493 e. The van der Waals surface area contributed by atoms with Gasteiger partial charge in [0.25, 0.3) is 0 Å². The van der Waals surface area contributed by atoms with E-state index in [0.29, 0.717) is 17.2 Å². The van der Waals surface area contributed by atoms with Gasteiger partial charge in [-0.05, 0) is 23.3 Å². The molecule has 1 amide bonds. The summed E-state index contributed by atoms with van der Waals surface area (Å²) in [5.74, 6) is 1.22. The number of methoxy groups -OCH3 is 2. The van der Waals surface area contributed by atoms with Crippen molar-refractivity contribution < 1.29 is 24.1 Å². The number of benzene rings is 3. The monoisotopic (exact) mass is 435 g/mol. The summed E-state index contributed by atoms with van der Waals surface area (Å²) in [6.45, 7) is 0.0599. The number of nitrogens with one attached hydrogen (secondary N) is 1. The van der Waals surface area contributed by atoms with E-state index in [2.05, 4.69) is 5.32 Å². The average Bonchev–Trinajstić information content (AvgIpc) is 2.85. The molecule has 0 bridgehead atoms. The van der Waals surface area contributed by atoms with Gasteiger partial charge in [-0.3, -0.25) is 4.79 Å². The van der Waals surface area contributed by atoms with Crippen LogP contribution in [0.2, 0.25) is 0 Å². The third-order valence-electron chi connectivity index (χ3n) is 5.13. The lowest BCUT2D eigenvalue weighted by atomic mass is 9.88. The van der Waals surface area contributed by atoms with E-state index in [9.17, 15) is 9.90 Å². The Morgan fingerprint density at radius 3 is 1.88 bits per heavy atom. The van der Waals surface area contributed by atoms with Crippen molar-refractivity contribution >= 4 is 5.91 Å². The first-order valence-electron chi connectivity index (χ1n) is 10.5. The first kappa shape index (κ1) is 23.2. The molecule has 0 heterocycles. The lowest BCUT2D eigenvalue weighted by Gasteiger charge is -2.19. The van der Waals surface area contributed by atoms with E-state index in [1.165, 1.54) is 14.2 Å². The number of carbonyl (C=O) groups excluding carboxylic acids is 1. The number of hydrogen-bond acceptors (Lipinski definition) is 5. The molecule has 1 unspecified atom stereocenters. The van der Waals surface area contributed by atoms with Crippen LogP contribution in [0.15, 0.2) is 78.9 Å². The Morgan fingerprint density at radius 1 is 0.844 bits per heavy atom. The van der Waals surface area contributed by atoms with Crippen LogP contribution in [0.3, 0.4) is 0 Å². The fourth-order valence-electron chi connectivity index (χ4n) is 3.49. The van der Waals surface area contributed by atoms with Gasteiger partial charge in [0.15, 0.2) is 11.5 Å². The molecule has 0 fully saturated rings. The van der Waals surface area contributed by atoms with Gasteiger partial charge in [0.1, 0.15) is 12.7 Å². The highest BCUT2D eigenvalue weighted by Gasteiger charge is 2.19. The van der Waals surface area contributed by atoms with Crippen LogP contribution in [0.1, 0.15) is 23.5 Å². The highest BCUT2D eigenvalue weighted by molar-refractivity contribution is 5.77. The van der Waals surface area contributed by atoms with Gasteiger partial charge >= 0.3 is 0 Å². The van der Waals surface area contributed by atoms with E-state index in [-0.39, 0.29) is 31.4 Å². The number of hydrogen-bond donors (Lipinski definition) is 2. The summed E-state index contributed by atoms with van der Waals surface area (Å²) in [5, 5.41) is 13.1. The molecule has 0 saturated carbocycles. The first-order chi connectivity index (χ1) is 15.6. The fourth-order valence-corrected chi connectivity index (χ4v) is 3.49. The second-order valence-electron chi connectivity index (χ2n) is 7.34. The van der Waals surface area contributed by atoms with Crippen LogP contribution in [-0.4, -0.2) is 44.5 Å². The molecule has 3 aromatic carbocycles. The maximum absolute atomic E-state index is 12.7. The molecule has 32 heavy (non-hydrogen) atoms. The standard InChI is InChI=1S/C26H29NO5/c1-30-23-14-9-15-24(31-2)26(23)32-18-21(28)17-27-25(29)16-22(19-10-5-3-6-11-19)20-12-7-4-8-13-20/h3-15,21-22,28H,16-18H2,1-2H3,(H,27,29). The third-order valence-corrected chi connectivity index (χ3v) is 5.13. The number of ether oxygens (including phenoxy) is 3. The van der Waals surface area contributed by atoms with Crippen molar-refractivity contribution in [3.8, 4) is 17.2 Å². The Labute approximate surface area is 188 Å².